The first kappa shape index (κ1) is 13.4. The van der Waals surface area contributed by atoms with Crippen molar-refractivity contribution in [3.05, 3.63) is 0 Å². The van der Waals surface area contributed by atoms with Gasteiger partial charge >= 0.3 is 0 Å². The largest absolute Gasteiger partial charge is 0.377 e. The van der Waals surface area contributed by atoms with Crippen LogP contribution in [0.2, 0.25) is 0 Å². The molecule has 0 radical (unpaired) electrons. The van der Waals surface area contributed by atoms with E-state index >= 15 is 0 Å². The summed E-state index contributed by atoms with van der Waals surface area (Å²) < 4.78 is 5.30. The Hall–Kier alpha value is -0.570. The van der Waals surface area contributed by atoms with Crippen molar-refractivity contribution < 1.29 is 9.53 Å². The molecule has 0 fully saturated rings. The van der Waals surface area contributed by atoms with Crippen molar-refractivity contribution in [3.8, 4) is 0 Å². The lowest BCUT2D eigenvalue weighted by molar-refractivity contribution is -0.131. The summed E-state index contributed by atoms with van der Waals surface area (Å²) in [4.78, 5) is 11.7. The molecule has 0 rings (SSSR count). The normalized spacial score (nSPS) is 15.1. The van der Waals surface area contributed by atoms with Gasteiger partial charge in [0.05, 0.1) is 11.6 Å². The van der Waals surface area contributed by atoms with Crippen LogP contribution in [0.1, 0.15) is 41.5 Å². The van der Waals surface area contributed by atoms with E-state index in [1.165, 1.54) is 0 Å². The van der Waals surface area contributed by atoms with Crippen LogP contribution in [0.4, 0.5) is 0 Å². The van der Waals surface area contributed by atoms with Gasteiger partial charge in [-0.25, -0.2) is 0 Å². The van der Waals surface area contributed by atoms with Crippen molar-refractivity contribution in [2.45, 2.75) is 53.2 Å². The number of ether oxygens (including phenoxy) is 1. The average molecular weight is 201 g/mol. The van der Waals surface area contributed by atoms with Gasteiger partial charge in [-0.05, 0) is 20.8 Å². The van der Waals surface area contributed by atoms with Crippen LogP contribution in [0.3, 0.4) is 0 Å². The summed E-state index contributed by atoms with van der Waals surface area (Å²) in [5.74, 6) is 0.0510. The highest BCUT2D eigenvalue weighted by molar-refractivity contribution is 5.81. The number of hydrogen-bond donors (Lipinski definition) is 1. The molecule has 0 unspecified atom stereocenters. The van der Waals surface area contributed by atoms with Gasteiger partial charge in [0.2, 0.25) is 5.91 Å². The highest BCUT2D eigenvalue weighted by atomic mass is 16.5. The number of amides is 1. The van der Waals surface area contributed by atoms with E-state index in [0.717, 1.165) is 0 Å². The van der Waals surface area contributed by atoms with Crippen LogP contribution in [0.15, 0.2) is 0 Å². The Bertz CT molecular complexity index is 204. The van der Waals surface area contributed by atoms with Crippen LogP contribution >= 0.6 is 0 Å². The predicted molar refractivity (Wildman–Crippen MR) is 58.1 cm³/mol. The second kappa shape index (κ2) is 4.30. The molecule has 0 saturated heterocycles. The van der Waals surface area contributed by atoms with Gasteiger partial charge in [0.25, 0.3) is 0 Å². The summed E-state index contributed by atoms with van der Waals surface area (Å²) in [5.41, 5.74) is -0.682. The van der Waals surface area contributed by atoms with E-state index < -0.39 is 0 Å². The Balaban J connectivity index is 4.34. The zero-order valence-corrected chi connectivity index (χ0v) is 10.4. The third kappa shape index (κ3) is 3.66. The molecule has 84 valence electrons. The summed E-state index contributed by atoms with van der Waals surface area (Å²) in [5, 5.41) is 2.95. The zero-order valence-electron chi connectivity index (χ0n) is 10.4. The molecule has 1 amide bonds. The first-order valence-corrected chi connectivity index (χ1v) is 4.97. The number of rotatable bonds is 3. The van der Waals surface area contributed by atoms with Crippen LogP contribution in [-0.2, 0) is 9.53 Å². The van der Waals surface area contributed by atoms with Gasteiger partial charge in [-0.3, -0.25) is 4.79 Å². The average Bonchev–Trinajstić information content (AvgIpc) is 2.02. The summed E-state index contributed by atoms with van der Waals surface area (Å²) in [6.07, 6.45) is 0. The second-order valence-electron chi connectivity index (χ2n) is 5.25. The Morgan fingerprint density at radius 1 is 1.21 bits per heavy atom. The Kier molecular flexibility index (Phi) is 4.13. The van der Waals surface area contributed by atoms with Crippen molar-refractivity contribution >= 4 is 5.91 Å². The lowest BCUT2D eigenvalue weighted by Crippen LogP contribution is -2.51. The molecule has 0 heterocycles. The highest BCUT2D eigenvalue weighted by Crippen LogP contribution is 2.17. The van der Waals surface area contributed by atoms with Gasteiger partial charge < -0.3 is 10.1 Å². The zero-order chi connectivity index (χ0) is 11.6. The number of carbonyl (C=O) groups is 1. The number of carbonyl (C=O) groups excluding carboxylic acids is 1. The molecule has 0 aliphatic rings. The van der Waals surface area contributed by atoms with Gasteiger partial charge in [-0.15, -0.1) is 0 Å². The molecule has 0 aromatic rings. The summed E-state index contributed by atoms with van der Waals surface area (Å²) >= 11 is 0. The van der Waals surface area contributed by atoms with Gasteiger partial charge in [-0.1, -0.05) is 20.8 Å². The molecule has 1 N–H and O–H groups in total. The Morgan fingerprint density at radius 2 is 1.64 bits per heavy atom. The van der Waals surface area contributed by atoms with Gasteiger partial charge in [-0.2, -0.15) is 0 Å². The first-order valence-electron chi connectivity index (χ1n) is 4.97. The minimum Gasteiger partial charge on any atom is -0.377 e. The molecular weight excluding hydrogens is 178 g/mol. The quantitative estimate of drug-likeness (QED) is 0.758. The molecule has 0 aliphatic carbocycles. The topological polar surface area (TPSA) is 38.3 Å². The maximum absolute atomic E-state index is 11.7. The maximum Gasteiger partial charge on any atom is 0.225 e. The van der Waals surface area contributed by atoms with Gasteiger partial charge in [0.1, 0.15) is 0 Å². The SMILES string of the molecule is COC(C)(C)[C@@H](C)NC(=O)C(C)(C)C. The van der Waals surface area contributed by atoms with E-state index in [1.807, 2.05) is 41.5 Å². The van der Waals surface area contributed by atoms with Crippen LogP contribution < -0.4 is 5.32 Å². The van der Waals surface area contributed by atoms with Crippen LogP contribution in [0.5, 0.6) is 0 Å². The fraction of sp³-hybridized carbons (Fsp3) is 0.909. The van der Waals surface area contributed by atoms with Gasteiger partial charge in [0.15, 0.2) is 0 Å². The number of nitrogens with one attached hydrogen (secondary N) is 1. The van der Waals surface area contributed by atoms with Crippen molar-refractivity contribution in [3.63, 3.8) is 0 Å². The lowest BCUT2D eigenvalue weighted by atomic mass is 9.93. The molecular formula is C11H23NO2. The third-order valence-electron chi connectivity index (χ3n) is 2.60. The molecule has 3 heteroatoms. The van der Waals surface area contributed by atoms with E-state index in [-0.39, 0.29) is 23.0 Å². The van der Waals surface area contributed by atoms with E-state index in [9.17, 15) is 4.79 Å². The summed E-state index contributed by atoms with van der Waals surface area (Å²) in [6.45, 7) is 11.6. The highest BCUT2D eigenvalue weighted by Gasteiger charge is 2.30. The van der Waals surface area contributed by atoms with E-state index in [1.54, 1.807) is 7.11 Å². The number of hydrogen-bond acceptors (Lipinski definition) is 2. The monoisotopic (exact) mass is 201 g/mol. The summed E-state index contributed by atoms with van der Waals surface area (Å²) in [6, 6.07) is -0.000718. The smallest absolute Gasteiger partial charge is 0.225 e. The van der Waals surface area contributed by atoms with Crippen molar-refractivity contribution in [1.82, 2.24) is 5.32 Å². The van der Waals surface area contributed by atoms with Gasteiger partial charge in [0, 0.05) is 12.5 Å². The Labute approximate surface area is 87.2 Å². The van der Waals surface area contributed by atoms with Crippen LogP contribution in [-0.4, -0.2) is 24.7 Å². The molecule has 14 heavy (non-hydrogen) atoms. The molecule has 1 atom stereocenters. The lowest BCUT2D eigenvalue weighted by Gasteiger charge is -2.33. The standard InChI is InChI=1S/C11H23NO2/c1-8(11(5,6)14-7)12-9(13)10(2,3)4/h8H,1-7H3,(H,12,13)/t8-/m1/s1. The second-order valence-corrected chi connectivity index (χ2v) is 5.25. The maximum atomic E-state index is 11.7. The summed E-state index contributed by atoms with van der Waals surface area (Å²) in [7, 11) is 1.65. The van der Waals surface area contributed by atoms with Crippen LogP contribution in [0, 0.1) is 5.41 Å². The fourth-order valence-corrected chi connectivity index (χ4v) is 0.764. The minimum atomic E-state index is -0.349. The molecule has 0 aliphatic heterocycles. The molecule has 3 nitrogen and oxygen atoms in total. The van der Waals surface area contributed by atoms with Crippen molar-refractivity contribution in [2.75, 3.05) is 7.11 Å². The first-order chi connectivity index (χ1) is 6.11. The Morgan fingerprint density at radius 3 is 1.93 bits per heavy atom. The molecule has 0 spiro atoms. The molecule has 0 aromatic heterocycles. The number of methoxy groups -OCH3 is 1. The molecule has 0 bridgehead atoms. The fourth-order valence-electron chi connectivity index (χ4n) is 0.764. The minimum absolute atomic E-state index is 0.000718. The van der Waals surface area contributed by atoms with Crippen molar-refractivity contribution in [2.24, 2.45) is 5.41 Å². The van der Waals surface area contributed by atoms with E-state index in [2.05, 4.69) is 5.32 Å². The predicted octanol–water partition coefficient (Wildman–Crippen LogP) is 1.96. The van der Waals surface area contributed by atoms with Crippen LogP contribution in [0.25, 0.3) is 0 Å². The van der Waals surface area contributed by atoms with E-state index in [0.29, 0.717) is 0 Å². The molecule has 0 aromatic carbocycles. The van der Waals surface area contributed by atoms with Crippen molar-refractivity contribution in [1.29, 1.82) is 0 Å². The van der Waals surface area contributed by atoms with E-state index in [4.69, 9.17) is 4.74 Å². The molecule has 0 saturated carbocycles. The third-order valence-corrected chi connectivity index (χ3v) is 2.60.